The number of para-hydroxylation sites is 1. The van der Waals surface area contributed by atoms with Crippen molar-refractivity contribution in [1.29, 1.82) is 0 Å². The Labute approximate surface area is 108 Å². The van der Waals surface area contributed by atoms with Gasteiger partial charge in [-0.1, -0.05) is 38.1 Å². The molecule has 0 saturated heterocycles. The number of Topliss-reactive ketones (excluding diaryl/α,β-unsaturated/α-hetero) is 1. The Morgan fingerprint density at radius 3 is 2.61 bits per heavy atom. The highest BCUT2D eigenvalue weighted by Gasteiger charge is 2.19. The van der Waals surface area contributed by atoms with Crippen LogP contribution in [0.1, 0.15) is 26.3 Å². The number of carbonyl (C=O) groups is 1. The fourth-order valence-corrected chi connectivity index (χ4v) is 2.42. The average Bonchev–Trinajstić information content (AvgIpc) is 2.35. The molecule has 0 saturated carbocycles. The smallest absolute Gasteiger partial charge is 0.133 e. The molecular formula is C16H19NO. The molecule has 0 aliphatic rings. The third kappa shape index (κ3) is 2.58. The summed E-state index contributed by atoms with van der Waals surface area (Å²) >= 11 is 0. The second-order valence-corrected chi connectivity index (χ2v) is 5.16. The number of hydrogen-bond donors (Lipinski definition) is 0. The number of benzene rings is 1. The summed E-state index contributed by atoms with van der Waals surface area (Å²) in [4.78, 5) is 16.1. The maximum Gasteiger partial charge on any atom is 0.133 e. The van der Waals surface area contributed by atoms with Crippen molar-refractivity contribution in [3.8, 4) is 0 Å². The Balaban J connectivity index is 2.39. The van der Waals surface area contributed by atoms with Gasteiger partial charge in [0, 0.05) is 17.5 Å². The van der Waals surface area contributed by atoms with Crippen LogP contribution >= 0.6 is 0 Å². The highest BCUT2D eigenvalue weighted by Crippen LogP contribution is 2.23. The average molecular weight is 241 g/mol. The number of nitrogens with zero attached hydrogens (tertiary/aromatic N) is 1. The summed E-state index contributed by atoms with van der Waals surface area (Å²) in [5, 5.41) is 1.14. The van der Waals surface area contributed by atoms with Crippen LogP contribution in [0, 0.1) is 11.8 Å². The standard InChI is InChI=1S/C16H19NO/c1-11(2)15(12(3)18)10-14-7-4-6-13-8-5-9-17-16(13)14/h4-9,11,15H,10H2,1-3H3. The van der Waals surface area contributed by atoms with Crippen molar-refractivity contribution in [2.24, 2.45) is 11.8 Å². The Morgan fingerprint density at radius 2 is 1.94 bits per heavy atom. The van der Waals surface area contributed by atoms with E-state index in [0.29, 0.717) is 5.92 Å². The lowest BCUT2D eigenvalue weighted by molar-refractivity contribution is -0.121. The summed E-state index contributed by atoms with van der Waals surface area (Å²) in [6, 6.07) is 10.2. The predicted octanol–water partition coefficient (Wildman–Crippen LogP) is 3.64. The molecule has 0 amide bonds. The van der Waals surface area contributed by atoms with Crippen LogP contribution in [0.15, 0.2) is 36.5 Å². The zero-order valence-electron chi connectivity index (χ0n) is 11.2. The minimum Gasteiger partial charge on any atom is -0.300 e. The van der Waals surface area contributed by atoms with Crippen LogP contribution in [-0.2, 0) is 11.2 Å². The van der Waals surface area contributed by atoms with Crippen LogP contribution < -0.4 is 0 Å². The number of carbonyl (C=O) groups excluding carboxylic acids is 1. The van der Waals surface area contributed by atoms with Gasteiger partial charge in [0.25, 0.3) is 0 Å². The zero-order chi connectivity index (χ0) is 13.1. The van der Waals surface area contributed by atoms with E-state index >= 15 is 0 Å². The second-order valence-electron chi connectivity index (χ2n) is 5.16. The van der Waals surface area contributed by atoms with Crippen LogP contribution in [0.2, 0.25) is 0 Å². The van der Waals surface area contributed by atoms with Gasteiger partial charge >= 0.3 is 0 Å². The number of aromatic nitrogens is 1. The van der Waals surface area contributed by atoms with Crippen molar-refractivity contribution >= 4 is 16.7 Å². The van der Waals surface area contributed by atoms with E-state index in [0.717, 1.165) is 17.3 Å². The second kappa shape index (κ2) is 5.30. The molecule has 1 heterocycles. The fraction of sp³-hybridized carbons (Fsp3) is 0.375. The van der Waals surface area contributed by atoms with Gasteiger partial charge < -0.3 is 0 Å². The first kappa shape index (κ1) is 12.7. The quantitative estimate of drug-likeness (QED) is 0.818. The van der Waals surface area contributed by atoms with E-state index in [1.807, 2.05) is 18.3 Å². The highest BCUT2D eigenvalue weighted by molar-refractivity contribution is 5.83. The third-order valence-corrected chi connectivity index (χ3v) is 3.48. The molecule has 0 aliphatic carbocycles. The van der Waals surface area contributed by atoms with Gasteiger partial charge in [-0.05, 0) is 30.9 Å². The van der Waals surface area contributed by atoms with Gasteiger partial charge in [0.15, 0.2) is 0 Å². The number of rotatable bonds is 4. The molecule has 0 radical (unpaired) electrons. The first-order chi connectivity index (χ1) is 8.59. The third-order valence-electron chi connectivity index (χ3n) is 3.48. The lowest BCUT2D eigenvalue weighted by atomic mass is 9.86. The van der Waals surface area contributed by atoms with Crippen LogP contribution in [-0.4, -0.2) is 10.8 Å². The number of pyridine rings is 1. The Kier molecular flexibility index (Phi) is 3.75. The summed E-state index contributed by atoms with van der Waals surface area (Å²) in [6.45, 7) is 5.89. The molecule has 0 bridgehead atoms. The molecule has 1 aromatic heterocycles. The first-order valence-electron chi connectivity index (χ1n) is 6.42. The van der Waals surface area contributed by atoms with Gasteiger partial charge in [0.2, 0.25) is 0 Å². The fourth-order valence-electron chi connectivity index (χ4n) is 2.42. The Hall–Kier alpha value is -1.70. The van der Waals surface area contributed by atoms with E-state index in [1.165, 1.54) is 5.56 Å². The normalized spacial score (nSPS) is 12.9. The van der Waals surface area contributed by atoms with Crippen molar-refractivity contribution < 1.29 is 4.79 Å². The summed E-state index contributed by atoms with van der Waals surface area (Å²) in [7, 11) is 0. The summed E-state index contributed by atoms with van der Waals surface area (Å²) in [5.74, 6) is 0.706. The molecule has 1 aromatic carbocycles. The van der Waals surface area contributed by atoms with Gasteiger partial charge in [-0.2, -0.15) is 0 Å². The molecule has 1 atom stereocenters. The molecule has 2 aromatic rings. The first-order valence-corrected chi connectivity index (χ1v) is 6.42. The summed E-state index contributed by atoms with van der Waals surface area (Å²) in [6.07, 6.45) is 2.59. The molecule has 2 nitrogen and oxygen atoms in total. The highest BCUT2D eigenvalue weighted by atomic mass is 16.1. The van der Waals surface area contributed by atoms with Crippen molar-refractivity contribution in [3.05, 3.63) is 42.1 Å². The molecule has 0 N–H and O–H groups in total. The van der Waals surface area contributed by atoms with E-state index in [2.05, 4.69) is 37.0 Å². The van der Waals surface area contributed by atoms with Crippen LogP contribution in [0.5, 0.6) is 0 Å². The van der Waals surface area contributed by atoms with E-state index in [-0.39, 0.29) is 11.7 Å². The number of ketones is 1. The summed E-state index contributed by atoms with van der Waals surface area (Å²) < 4.78 is 0. The Morgan fingerprint density at radius 1 is 1.22 bits per heavy atom. The van der Waals surface area contributed by atoms with Crippen LogP contribution in [0.3, 0.4) is 0 Å². The molecule has 0 aliphatic heterocycles. The van der Waals surface area contributed by atoms with Crippen LogP contribution in [0.4, 0.5) is 0 Å². The molecule has 1 unspecified atom stereocenters. The SMILES string of the molecule is CC(=O)C(Cc1cccc2cccnc12)C(C)C. The number of hydrogen-bond acceptors (Lipinski definition) is 2. The summed E-state index contributed by atoms with van der Waals surface area (Å²) in [5.41, 5.74) is 2.19. The number of fused-ring (bicyclic) bond motifs is 1. The van der Waals surface area contributed by atoms with Gasteiger partial charge in [-0.3, -0.25) is 9.78 Å². The van der Waals surface area contributed by atoms with Crippen molar-refractivity contribution in [2.75, 3.05) is 0 Å². The van der Waals surface area contributed by atoms with E-state index in [1.54, 1.807) is 6.92 Å². The maximum atomic E-state index is 11.7. The van der Waals surface area contributed by atoms with Crippen LogP contribution in [0.25, 0.3) is 10.9 Å². The van der Waals surface area contributed by atoms with Gasteiger partial charge in [0.05, 0.1) is 5.52 Å². The molecule has 0 fully saturated rings. The minimum atomic E-state index is 0.0811. The van der Waals surface area contributed by atoms with E-state index in [4.69, 9.17) is 0 Å². The minimum absolute atomic E-state index is 0.0811. The molecule has 2 heteroatoms. The lowest BCUT2D eigenvalue weighted by Gasteiger charge is -2.18. The van der Waals surface area contributed by atoms with Crippen molar-refractivity contribution in [2.45, 2.75) is 27.2 Å². The van der Waals surface area contributed by atoms with E-state index < -0.39 is 0 Å². The van der Waals surface area contributed by atoms with Crippen molar-refractivity contribution in [3.63, 3.8) is 0 Å². The lowest BCUT2D eigenvalue weighted by Crippen LogP contribution is -2.20. The largest absolute Gasteiger partial charge is 0.300 e. The zero-order valence-corrected chi connectivity index (χ0v) is 11.2. The molecule has 18 heavy (non-hydrogen) atoms. The molecular weight excluding hydrogens is 222 g/mol. The van der Waals surface area contributed by atoms with Gasteiger partial charge in [0.1, 0.15) is 5.78 Å². The molecule has 2 rings (SSSR count). The maximum absolute atomic E-state index is 11.7. The van der Waals surface area contributed by atoms with E-state index in [9.17, 15) is 4.79 Å². The topological polar surface area (TPSA) is 30.0 Å². The molecule has 94 valence electrons. The molecule has 0 spiro atoms. The monoisotopic (exact) mass is 241 g/mol. The Bertz CT molecular complexity index is 555. The van der Waals surface area contributed by atoms with Gasteiger partial charge in [-0.15, -0.1) is 0 Å². The predicted molar refractivity (Wildman–Crippen MR) is 74.5 cm³/mol. The van der Waals surface area contributed by atoms with Gasteiger partial charge in [-0.25, -0.2) is 0 Å². The van der Waals surface area contributed by atoms with Crippen molar-refractivity contribution in [1.82, 2.24) is 4.98 Å².